The van der Waals surface area contributed by atoms with Gasteiger partial charge in [-0.1, -0.05) is 6.92 Å². The number of carbonyl (C=O) groups is 1. The summed E-state index contributed by atoms with van der Waals surface area (Å²) >= 11 is 2.22. The molecule has 2 heterocycles. The van der Waals surface area contributed by atoms with E-state index in [0.29, 0.717) is 17.8 Å². The van der Waals surface area contributed by atoms with E-state index in [0.717, 1.165) is 47.1 Å². The Morgan fingerprint density at radius 3 is 2.83 bits per heavy atom. The summed E-state index contributed by atoms with van der Waals surface area (Å²) in [5.41, 5.74) is 2.76. The lowest BCUT2D eigenvalue weighted by molar-refractivity contribution is 0.0943. The van der Waals surface area contributed by atoms with E-state index in [1.54, 1.807) is 0 Å². The van der Waals surface area contributed by atoms with Crippen molar-refractivity contribution in [1.82, 2.24) is 25.2 Å². The van der Waals surface area contributed by atoms with E-state index in [1.165, 1.54) is 18.5 Å². The number of carbonyl (C=O) groups excluding carboxylic acids is 1. The standard InChI is InChI=1S/C21H23FIN5O/c1-2-28(10-3-4-15-7-8-24-20(22)12-15)11-9-25-21(29)19-14-26-18-13-16(23)5-6-17(18)27-19/h5-8,12-14H,2-4,9-11H2,1H3,(H,25,29)/i23-2. The molecule has 0 aliphatic rings. The molecule has 0 bridgehead atoms. The number of likely N-dealkylation sites (N-methyl/N-ethyl adjacent to an activating group) is 1. The van der Waals surface area contributed by atoms with Gasteiger partial charge < -0.3 is 10.2 Å². The summed E-state index contributed by atoms with van der Waals surface area (Å²) in [5.74, 6) is -0.662. The monoisotopic (exact) mass is 505 g/mol. The normalized spacial score (nSPS) is 11.2. The highest BCUT2D eigenvalue weighted by molar-refractivity contribution is 14.1. The first-order chi connectivity index (χ1) is 14.0. The Balaban J connectivity index is 1.45. The van der Waals surface area contributed by atoms with E-state index >= 15 is 0 Å². The van der Waals surface area contributed by atoms with Gasteiger partial charge in [0.1, 0.15) is 5.69 Å². The smallest absolute Gasteiger partial charge is 0.271 e. The number of halogens is 2. The summed E-state index contributed by atoms with van der Waals surface area (Å²) in [6.07, 6.45) is 4.72. The summed E-state index contributed by atoms with van der Waals surface area (Å²) < 4.78 is 14.2. The highest BCUT2D eigenvalue weighted by Gasteiger charge is 2.10. The molecule has 1 amide bonds. The number of aromatic nitrogens is 3. The third-order valence-electron chi connectivity index (χ3n) is 4.63. The van der Waals surface area contributed by atoms with E-state index in [2.05, 4.69) is 54.7 Å². The molecule has 0 atom stereocenters. The van der Waals surface area contributed by atoms with E-state index < -0.39 is 5.95 Å². The maximum Gasteiger partial charge on any atom is 0.271 e. The maximum atomic E-state index is 13.1. The van der Waals surface area contributed by atoms with E-state index in [1.807, 2.05) is 24.3 Å². The van der Waals surface area contributed by atoms with Gasteiger partial charge in [0, 0.05) is 22.9 Å². The fraction of sp³-hybridized carbons (Fsp3) is 0.333. The Morgan fingerprint density at radius 1 is 1.17 bits per heavy atom. The molecule has 0 fully saturated rings. The number of nitrogens with one attached hydrogen (secondary N) is 1. The van der Waals surface area contributed by atoms with Crippen LogP contribution in [0.2, 0.25) is 0 Å². The molecule has 0 saturated carbocycles. The van der Waals surface area contributed by atoms with Crippen LogP contribution >= 0.6 is 22.6 Å². The predicted molar refractivity (Wildman–Crippen MR) is 119 cm³/mol. The van der Waals surface area contributed by atoms with Crippen molar-refractivity contribution in [3.05, 3.63) is 63.5 Å². The van der Waals surface area contributed by atoms with Crippen LogP contribution in [0.1, 0.15) is 29.4 Å². The third kappa shape index (κ3) is 6.40. The number of pyridine rings is 1. The van der Waals surface area contributed by atoms with Gasteiger partial charge >= 0.3 is 0 Å². The maximum absolute atomic E-state index is 13.1. The van der Waals surface area contributed by atoms with Crippen molar-refractivity contribution in [2.24, 2.45) is 0 Å². The Hall–Kier alpha value is -2.20. The summed E-state index contributed by atoms with van der Waals surface area (Å²) in [6, 6.07) is 9.06. The fourth-order valence-electron chi connectivity index (χ4n) is 3.04. The SMILES string of the molecule is CCN(CCCc1ccnc(F)c1)CCNC(=O)c1cnc2cc([125I])ccc2n1. The Labute approximate surface area is 183 Å². The van der Waals surface area contributed by atoms with Gasteiger partial charge in [0.15, 0.2) is 0 Å². The van der Waals surface area contributed by atoms with Crippen LogP contribution in [0.3, 0.4) is 0 Å². The van der Waals surface area contributed by atoms with Crippen molar-refractivity contribution in [1.29, 1.82) is 0 Å². The fourth-order valence-corrected chi connectivity index (χ4v) is 3.52. The van der Waals surface area contributed by atoms with Gasteiger partial charge in [0.25, 0.3) is 5.91 Å². The lowest BCUT2D eigenvalue weighted by Gasteiger charge is -2.20. The minimum absolute atomic E-state index is 0.221. The molecule has 3 rings (SSSR count). The quantitative estimate of drug-likeness (QED) is 0.357. The van der Waals surface area contributed by atoms with Gasteiger partial charge in [0.05, 0.1) is 17.2 Å². The molecule has 29 heavy (non-hydrogen) atoms. The molecule has 152 valence electrons. The minimum Gasteiger partial charge on any atom is -0.349 e. The van der Waals surface area contributed by atoms with E-state index in [-0.39, 0.29) is 5.91 Å². The molecule has 0 aliphatic carbocycles. The van der Waals surface area contributed by atoms with E-state index in [9.17, 15) is 9.18 Å². The first-order valence-corrected chi connectivity index (χ1v) is 10.7. The van der Waals surface area contributed by atoms with Crippen LogP contribution < -0.4 is 5.32 Å². The summed E-state index contributed by atoms with van der Waals surface area (Å²) in [5, 5.41) is 2.91. The van der Waals surface area contributed by atoms with Gasteiger partial charge in [-0.15, -0.1) is 0 Å². The summed E-state index contributed by atoms with van der Waals surface area (Å²) in [4.78, 5) is 26.9. The van der Waals surface area contributed by atoms with Gasteiger partial charge in [-0.25, -0.2) is 9.97 Å². The molecule has 1 aromatic carbocycles. The first kappa shape index (κ1) is 21.5. The molecule has 1 N–H and O–H groups in total. The predicted octanol–water partition coefficient (Wildman–Crippen LogP) is 3.45. The van der Waals surface area contributed by atoms with Crippen LogP contribution in [-0.2, 0) is 6.42 Å². The zero-order valence-electron chi connectivity index (χ0n) is 16.2. The van der Waals surface area contributed by atoms with Gasteiger partial charge in [-0.3, -0.25) is 9.78 Å². The molecular formula is C21H23FIN5O. The average Bonchev–Trinajstić information content (AvgIpc) is 2.72. The molecule has 8 heteroatoms. The molecule has 2 aromatic heterocycles. The third-order valence-corrected chi connectivity index (χ3v) is 5.30. The van der Waals surface area contributed by atoms with Crippen molar-refractivity contribution in [2.45, 2.75) is 19.8 Å². The van der Waals surface area contributed by atoms with Crippen LogP contribution in [-0.4, -0.2) is 51.9 Å². The van der Waals surface area contributed by atoms with Gasteiger partial charge in [-0.2, -0.15) is 4.39 Å². The molecule has 3 aromatic rings. The van der Waals surface area contributed by atoms with Crippen LogP contribution in [0.4, 0.5) is 4.39 Å². The second kappa shape index (κ2) is 10.5. The van der Waals surface area contributed by atoms with Gasteiger partial charge in [0.2, 0.25) is 5.95 Å². The molecule has 0 saturated heterocycles. The summed E-state index contributed by atoms with van der Waals surface area (Å²) in [6.45, 7) is 5.12. The zero-order chi connectivity index (χ0) is 20.6. The molecule has 0 radical (unpaired) electrons. The summed E-state index contributed by atoms with van der Waals surface area (Å²) in [7, 11) is 0. The van der Waals surface area contributed by atoms with Crippen molar-refractivity contribution in [3.8, 4) is 0 Å². The number of benzene rings is 1. The minimum atomic E-state index is -0.441. The Morgan fingerprint density at radius 2 is 2.03 bits per heavy atom. The number of aryl methyl sites for hydroxylation is 1. The van der Waals surface area contributed by atoms with Crippen LogP contribution in [0.25, 0.3) is 11.0 Å². The number of amides is 1. The highest BCUT2D eigenvalue weighted by Crippen LogP contribution is 2.13. The number of nitrogens with zero attached hydrogens (tertiary/aromatic N) is 4. The highest BCUT2D eigenvalue weighted by atomic mass is 125. The number of rotatable bonds is 9. The molecule has 0 spiro atoms. The Kier molecular flexibility index (Phi) is 7.82. The van der Waals surface area contributed by atoms with E-state index in [4.69, 9.17) is 0 Å². The van der Waals surface area contributed by atoms with Crippen molar-refractivity contribution < 1.29 is 9.18 Å². The average molecular weight is 505 g/mol. The van der Waals surface area contributed by atoms with Crippen molar-refractivity contribution >= 4 is 39.5 Å². The van der Waals surface area contributed by atoms with Crippen LogP contribution in [0, 0.1) is 9.52 Å². The lowest BCUT2D eigenvalue weighted by Crippen LogP contribution is -2.35. The second-order valence-electron chi connectivity index (χ2n) is 6.67. The lowest BCUT2D eigenvalue weighted by atomic mass is 10.1. The first-order valence-electron chi connectivity index (χ1n) is 9.58. The number of hydrogen-bond acceptors (Lipinski definition) is 5. The number of fused-ring (bicyclic) bond motifs is 1. The molecule has 6 nitrogen and oxygen atoms in total. The molecule has 0 aliphatic heterocycles. The van der Waals surface area contributed by atoms with Crippen LogP contribution in [0.5, 0.6) is 0 Å². The molecule has 0 unspecified atom stereocenters. The second-order valence-corrected chi connectivity index (χ2v) is 7.91. The zero-order valence-corrected chi connectivity index (χ0v) is 18.4. The van der Waals surface area contributed by atoms with Gasteiger partial charge in [-0.05, 0) is 84.4 Å². The Bertz CT molecular complexity index is 984. The van der Waals surface area contributed by atoms with Crippen molar-refractivity contribution in [2.75, 3.05) is 26.2 Å². The van der Waals surface area contributed by atoms with Crippen LogP contribution in [0.15, 0.2) is 42.7 Å². The topological polar surface area (TPSA) is 71.0 Å². The number of hydrogen-bond donors (Lipinski definition) is 1. The molecular weight excluding hydrogens is 482 g/mol. The van der Waals surface area contributed by atoms with Crippen molar-refractivity contribution in [3.63, 3.8) is 0 Å². The largest absolute Gasteiger partial charge is 0.349 e.